The molecule has 0 radical (unpaired) electrons. The fourth-order valence-corrected chi connectivity index (χ4v) is 2.55. The molecule has 0 atom stereocenters. The van der Waals surface area contributed by atoms with Crippen molar-refractivity contribution in [3.63, 3.8) is 0 Å². The van der Waals surface area contributed by atoms with Crippen LogP contribution in [0.4, 0.5) is 5.69 Å². The average Bonchev–Trinajstić information content (AvgIpc) is 2.41. The van der Waals surface area contributed by atoms with Crippen molar-refractivity contribution < 1.29 is 13.5 Å². The van der Waals surface area contributed by atoms with E-state index < -0.39 is 10.0 Å². The number of nitrogens with zero attached hydrogens (tertiary/aromatic N) is 1. The number of hydrogen-bond acceptors (Lipinski definition) is 4. The maximum atomic E-state index is 12.0. The minimum atomic E-state index is -3.78. The summed E-state index contributed by atoms with van der Waals surface area (Å²) >= 11 is 0. The lowest BCUT2D eigenvalue weighted by Gasteiger charge is -2.09. The van der Waals surface area contributed by atoms with Gasteiger partial charge in [-0.3, -0.25) is 4.72 Å². The molecule has 0 aromatic heterocycles. The molecule has 0 fully saturated rings. The molecule has 96 valence electrons. The summed E-state index contributed by atoms with van der Waals surface area (Å²) in [5.74, 6) is -0.153. The molecule has 2 aromatic rings. The first-order valence-corrected chi connectivity index (χ1v) is 6.82. The van der Waals surface area contributed by atoms with Crippen LogP contribution in [0.3, 0.4) is 0 Å². The second-order valence-electron chi connectivity index (χ2n) is 3.76. The van der Waals surface area contributed by atoms with Crippen molar-refractivity contribution in [3.05, 3.63) is 54.1 Å². The maximum Gasteiger partial charge on any atom is 0.262 e. The van der Waals surface area contributed by atoms with Crippen LogP contribution in [0.1, 0.15) is 5.56 Å². The lowest BCUT2D eigenvalue weighted by atomic mass is 10.2. The van der Waals surface area contributed by atoms with Crippen LogP contribution in [0.2, 0.25) is 0 Å². The number of sulfonamides is 1. The highest BCUT2D eigenvalue weighted by Crippen LogP contribution is 2.24. The summed E-state index contributed by atoms with van der Waals surface area (Å²) in [5, 5.41) is 18.2. The molecule has 2 aromatic carbocycles. The van der Waals surface area contributed by atoms with Crippen molar-refractivity contribution >= 4 is 15.7 Å². The van der Waals surface area contributed by atoms with Crippen molar-refractivity contribution in [3.8, 4) is 11.8 Å². The molecular weight excluding hydrogens is 264 g/mol. The van der Waals surface area contributed by atoms with Crippen LogP contribution in [0, 0.1) is 11.3 Å². The zero-order valence-corrected chi connectivity index (χ0v) is 10.6. The van der Waals surface area contributed by atoms with Crippen LogP contribution in [0.25, 0.3) is 0 Å². The van der Waals surface area contributed by atoms with Crippen LogP contribution in [-0.2, 0) is 10.0 Å². The van der Waals surface area contributed by atoms with Gasteiger partial charge in [-0.1, -0.05) is 12.1 Å². The quantitative estimate of drug-likeness (QED) is 0.838. The summed E-state index contributed by atoms with van der Waals surface area (Å²) in [6.45, 7) is 0. The molecule has 2 rings (SSSR count). The lowest BCUT2D eigenvalue weighted by Crippen LogP contribution is -2.12. The highest BCUT2D eigenvalue weighted by Gasteiger charge is 2.15. The Morgan fingerprint density at radius 2 is 1.68 bits per heavy atom. The molecule has 0 bridgehead atoms. The standard InChI is InChI=1S/C13H10N2O3S/c14-9-10-5-7-11(8-6-10)19(17,18)15-12-3-1-2-4-13(12)16/h1-8,15-16H. The molecule has 0 saturated carbocycles. The number of phenols is 1. The number of rotatable bonds is 3. The van der Waals surface area contributed by atoms with E-state index in [2.05, 4.69) is 4.72 Å². The van der Waals surface area contributed by atoms with Crippen LogP contribution >= 0.6 is 0 Å². The summed E-state index contributed by atoms with van der Waals surface area (Å²) in [4.78, 5) is 0.0229. The number of phenolic OH excluding ortho intramolecular Hbond substituents is 1. The molecule has 5 nitrogen and oxygen atoms in total. The van der Waals surface area contributed by atoms with E-state index in [1.165, 1.54) is 36.4 Å². The van der Waals surface area contributed by atoms with Gasteiger partial charge in [0.05, 0.1) is 22.2 Å². The van der Waals surface area contributed by atoms with E-state index in [0.717, 1.165) is 0 Å². The van der Waals surface area contributed by atoms with Crippen molar-refractivity contribution in [2.24, 2.45) is 0 Å². The number of aromatic hydroxyl groups is 1. The number of benzene rings is 2. The van der Waals surface area contributed by atoms with Crippen LogP contribution < -0.4 is 4.72 Å². The third-order valence-electron chi connectivity index (χ3n) is 2.44. The number of hydrogen-bond donors (Lipinski definition) is 2. The van der Waals surface area contributed by atoms with E-state index in [4.69, 9.17) is 5.26 Å². The van der Waals surface area contributed by atoms with E-state index in [1.807, 2.05) is 6.07 Å². The Morgan fingerprint density at radius 3 is 2.26 bits per heavy atom. The number of anilines is 1. The van der Waals surface area contributed by atoms with Gasteiger partial charge >= 0.3 is 0 Å². The minimum absolute atomic E-state index is 0.0229. The first-order valence-electron chi connectivity index (χ1n) is 5.34. The van der Waals surface area contributed by atoms with E-state index >= 15 is 0 Å². The molecule has 0 aliphatic heterocycles. The first kappa shape index (κ1) is 12.9. The fraction of sp³-hybridized carbons (Fsp3) is 0. The van der Waals surface area contributed by atoms with Gasteiger partial charge in [-0.15, -0.1) is 0 Å². The van der Waals surface area contributed by atoms with E-state index in [9.17, 15) is 13.5 Å². The fourth-order valence-electron chi connectivity index (χ4n) is 1.47. The highest BCUT2D eigenvalue weighted by atomic mass is 32.2. The SMILES string of the molecule is N#Cc1ccc(S(=O)(=O)Nc2ccccc2O)cc1. The Labute approximate surface area is 110 Å². The normalized spacial score (nSPS) is 10.7. The molecule has 0 saturated heterocycles. The average molecular weight is 274 g/mol. The highest BCUT2D eigenvalue weighted by molar-refractivity contribution is 7.92. The van der Waals surface area contributed by atoms with Crippen molar-refractivity contribution in [2.75, 3.05) is 4.72 Å². The molecule has 6 heteroatoms. The van der Waals surface area contributed by atoms with Gasteiger partial charge in [0, 0.05) is 0 Å². The molecule has 0 unspecified atom stereocenters. The third-order valence-corrected chi connectivity index (χ3v) is 3.82. The van der Waals surface area contributed by atoms with Gasteiger partial charge in [0.15, 0.2) is 0 Å². The van der Waals surface area contributed by atoms with Gasteiger partial charge in [0.1, 0.15) is 5.75 Å². The van der Waals surface area contributed by atoms with Crippen molar-refractivity contribution in [1.82, 2.24) is 0 Å². The van der Waals surface area contributed by atoms with Gasteiger partial charge in [0.25, 0.3) is 10.0 Å². The van der Waals surface area contributed by atoms with Crippen LogP contribution in [0.5, 0.6) is 5.75 Å². The zero-order chi connectivity index (χ0) is 13.9. The van der Waals surface area contributed by atoms with Gasteiger partial charge in [-0.25, -0.2) is 8.42 Å². The monoisotopic (exact) mass is 274 g/mol. The Kier molecular flexibility index (Phi) is 3.40. The second-order valence-corrected chi connectivity index (χ2v) is 5.44. The molecule has 0 amide bonds. The Bertz CT molecular complexity index is 731. The molecule has 0 aliphatic carbocycles. The van der Waals surface area contributed by atoms with Gasteiger partial charge in [-0.05, 0) is 36.4 Å². The van der Waals surface area contributed by atoms with Crippen molar-refractivity contribution in [1.29, 1.82) is 5.26 Å². The van der Waals surface area contributed by atoms with E-state index in [1.54, 1.807) is 12.1 Å². The molecule has 0 heterocycles. The minimum Gasteiger partial charge on any atom is -0.506 e. The van der Waals surface area contributed by atoms with Gasteiger partial charge in [0.2, 0.25) is 0 Å². The van der Waals surface area contributed by atoms with Crippen LogP contribution in [-0.4, -0.2) is 13.5 Å². The summed E-state index contributed by atoms with van der Waals surface area (Å²) in [7, 11) is -3.78. The summed E-state index contributed by atoms with van der Waals surface area (Å²) in [6, 6.07) is 13.4. The molecule has 2 N–H and O–H groups in total. The zero-order valence-electron chi connectivity index (χ0n) is 9.74. The molecule has 19 heavy (non-hydrogen) atoms. The largest absolute Gasteiger partial charge is 0.506 e. The predicted molar refractivity (Wildman–Crippen MR) is 70.1 cm³/mol. The summed E-state index contributed by atoms with van der Waals surface area (Å²) in [5.41, 5.74) is 0.480. The molecule has 0 spiro atoms. The second kappa shape index (κ2) is 5.00. The van der Waals surface area contributed by atoms with Crippen LogP contribution in [0.15, 0.2) is 53.4 Å². The number of nitrogens with one attached hydrogen (secondary N) is 1. The molecular formula is C13H10N2O3S. The third kappa shape index (κ3) is 2.84. The lowest BCUT2D eigenvalue weighted by molar-refractivity contribution is 0.477. The Morgan fingerprint density at radius 1 is 1.05 bits per heavy atom. The van der Waals surface area contributed by atoms with E-state index in [0.29, 0.717) is 5.56 Å². The molecule has 0 aliphatic rings. The first-order chi connectivity index (χ1) is 9.03. The summed E-state index contributed by atoms with van der Waals surface area (Å²) in [6.07, 6.45) is 0. The topological polar surface area (TPSA) is 90.2 Å². The van der Waals surface area contributed by atoms with Gasteiger partial charge < -0.3 is 5.11 Å². The number of para-hydroxylation sites is 2. The predicted octanol–water partition coefficient (Wildman–Crippen LogP) is 2.06. The Hall–Kier alpha value is -2.52. The van der Waals surface area contributed by atoms with Gasteiger partial charge in [-0.2, -0.15) is 5.26 Å². The van der Waals surface area contributed by atoms with Crippen molar-refractivity contribution in [2.45, 2.75) is 4.90 Å². The smallest absolute Gasteiger partial charge is 0.262 e. The summed E-state index contributed by atoms with van der Waals surface area (Å²) < 4.78 is 26.4. The number of nitriles is 1. The Balaban J connectivity index is 2.33. The maximum absolute atomic E-state index is 12.0. The van der Waals surface area contributed by atoms with E-state index in [-0.39, 0.29) is 16.3 Å².